The lowest BCUT2D eigenvalue weighted by atomic mass is 9.96. The SMILES string of the molecule is Cc1cc(C(=O)N2CCC[C@H]2C#N)ccc1-c1cccc(COc2ccc(Cn3oc(=O)[nH]c3=O)cc2)c1. The molecule has 0 unspecified atom stereocenters. The minimum atomic E-state index is -0.785. The van der Waals surface area contributed by atoms with Crippen LogP contribution in [0, 0.1) is 18.3 Å². The number of likely N-dealkylation sites (tertiary alicyclic amines) is 1. The standard InChI is InChI=1S/C29H26N4O5/c1-19-14-23(27(34)32-13-3-6-24(32)16-30)9-12-26(19)22-5-2-4-21(15-22)18-37-25-10-7-20(8-11-25)17-33-28(35)31-29(36)38-33/h2,4-5,7-12,14-15,24H,3,6,13,17-18H2,1H3,(H,31,35,36)/t24-/m0/s1. The molecule has 38 heavy (non-hydrogen) atoms. The number of rotatable bonds is 7. The molecule has 192 valence electrons. The van der Waals surface area contributed by atoms with Gasteiger partial charge in [-0.2, -0.15) is 5.26 Å². The summed E-state index contributed by atoms with van der Waals surface area (Å²) in [4.78, 5) is 39.4. The van der Waals surface area contributed by atoms with Gasteiger partial charge in [0.1, 0.15) is 18.4 Å². The van der Waals surface area contributed by atoms with Gasteiger partial charge in [-0.3, -0.25) is 4.79 Å². The van der Waals surface area contributed by atoms with Gasteiger partial charge in [0.05, 0.1) is 12.6 Å². The van der Waals surface area contributed by atoms with Gasteiger partial charge in [-0.05, 0) is 77.9 Å². The van der Waals surface area contributed by atoms with Crippen molar-refractivity contribution >= 4 is 5.91 Å². The normalized spacial score (nSPS) is 14.8. The van der Waals surface area contributed by atoms with Crippen LogP contribution in [0.4, 0.5) is 0 Å². The molecule has 1 aliphatic heterocycles. The number of ether oxygens (including phenoxy) is 1. The molecular formula is C29H26N4O5. The van der Waals surface area contributed by atoms with Crippen LogP contribution < -0.4 is 16.2 Å². The summed E-state index contributed by atoms with van der Waals surface area (Å²) in [6.45, 7) is 3.10. The Bertz CT molecular complexity index is 1620. The number of benzene rings is 3. The number of hydrogen-bond acceptors (Lipinski definition) is 6. The van der Waals surface area contributed by atoms with E-state index in [1.807, 2.05) is 43.3 Å². The van der Waals surface area contributed by atoms with Crippen molar-refractivity contribution in [1.82, 2.24) is 14.6 Å². The summed E-state index contributed by atoms with van der Waals surface area (Å²) in [5.41, 5.74) is 4.81. The zero-order chi connectivity index (χ0) is 26.6. The van der Waals surface area contributed by atoms with Gasteiger partial charge in [0, 0.05) is 12.1 Å². The quantitative estimate of drug-likeness (QED) is 0.403. The Hall–Kier alpha value is -4.84. The van der Waals surface area contributed by atoms with Gasteiger partial charge in [0.25, 0.3) is 5.91 Å². The fourth-order valence-corrected chi connectivity index (χ4v) is 4.70. The Morgan fingerprint density at radius 3 is 2.63 bits per heavy atom. The average molecular weight is 511 g/mol. The number of carbonyl (C=O) groups excluding carboxylic acids is 1. The molecule has 4 aromatic rings. The fourth-order valence-electron chi connectivity index (χ4n) is 4.70. The number of amides is 1. The third-order valence-corrected chi connectivity index (χ3v) is 6.66. The highest BCUT2D eigenvalue weighted by Crippen LogP contribution is 2.27. The number of aromatic amines is 1. The Morgan fingerprint density at radius 1 is 1.11 bits per heavy atom. The maximum absolute atomic E-state index is 12.9. The molecule has 1 saturated heterocycles. The van der Waals surface area contributed by atoms with E-state index in [2.05, 4.69) is 17.1 Å². The van der Waals surface area contributed by atoms with Crippen LogP contribution in [-0.4, -0.2) is 33.1 Å². The molecule has 1 amide bonds. The Balaban J connectivity index is 1.24. The highest BCUT2D eigenvalue weighted by Gasteiger charge is 2.29. The second-order valence-electron chi connectivity index (χ2n) is 9.29. The molecule has 0 bridgehead atoms. The highest BCUT2D eigenvalue weighted by molar-refractivity contribution is 5.95. The molecule has 0 radical (unpaired) electrons. The summed E-state index contributed by atoms with van der Waals surface area (Å²) in [6.07, 6.45) is 1.58. The first-order chi connectivity index (χ1) is 18.4. The van der Waals surface area contributed by atoms with Crippen LogP contribution in [0.25, 0.3) is 11.1 Å². The summed E-state index contributed by atoms with van der Waals surface area (Å²) < 4.78 is 11.7. The van der Waals surface area contributed by atoms with Gasteiger partial charge in [-0.1, -0.05) is 36.4 Å². The minimum Gasteiger partial charge on any atom is -0.489 e. The van der Waals surface area contributed by atoms with E-state index in [0.29, 0.717) is 24.5 Å². The Labute approximate surface area is 218 Å². The average Bonchev–Trinajstić information content (AvgIpc) is 3.53. The molecule has 3 aromatic carbocycles. The molecule has 2 heterocycles. The van der Waals surface area contributed by atoms with E-state index in [9.17, 15) is 19.6 Å². The third-order valence-electron chi connectivity index (χ3n) is 6.66. The lowest BCUT2D eigenvalue weighted by Crippen LogP contribution is -2.34. The molecule has 1 aromatic heterocycles. The van der Waals surface area contributed by atoms with Gasteiger partial charge >= 0.3 is 11.4 Å². The maximum Gasteiger partial charge on any atom is 0.440 e. The summed E-state index contributed by atoms with van der Waals surface area (Å²) in [5.74, 6) is -0.215. The number of aromatic nitrogens is 2. The summed E-state index contributed by atoms with van der Waals surface area (Å²) in [5, 5.41) is 9.32. The predicted octanol–water partition coefficient (Wildman–Crippen LogP) is 3.86. The van der Waals surface area contributed by atoms with Crippen molar-refractivity contribution in [2.75, 3.05) is 6.54 Å². The molecule has 9 heteroatoms. The molecular weight excluding hydrogens is 484 g/mol. The van der Waals surface area contributed by atoms with E-state index in [1.165, 1.54) is 0 Å². The first kappa shape index (κ1) is 24.8. The van der Waals surface area contributed by atoms with Crippen LogP contribution in [0.5, 0.6) is 5.75 Å². The highest BCUT2D eigenvalue weighted by atomic mass is 16.5. The van der Waals surface area contributed by atoms with E-state index < -0.39 is 11.4 Å². The molecule has 5 rings (SSSR count). The minimum absolute atomic E-state index is 0.0958. The van der Waals surface area contributed by atoms with Crippen molar-refractivity contribution in [2.24, 2.45) is 0 Å². The van der Waals surface area contributed by atoms with Crippen molar-refractivity contribution in [2.45, 2.75) is 39.0 Å². The van der Waals surface area contributed by atoms with Crippen molar-refractivity contribution in [3.05, 3.63) is 110 Å². The monoisotopic (exact) mass is 510 g/mol. The van der Waals surface area contributed by atoms with Crippen molar-refractivity contribution in [3.63, 3.8) is 0 Å². The van der Waals surface area contributed by atoms with Crippen molar-refractivity contribution in [1.29, 1.82) is 5.26 Å². The van der Waals surface area contributed by atoms with Gasteiger partial charge in [0.15, 0.2) is 0 Å². The number of nitriles is 1. The van der Waals surface area contributed by atoms with E-state index >= 15 is 0 Å². The van der Waals surface area contributed by atoms with Gasteiger partial charge < -0.3 is 14.2 Å². The van der Waals surface area contributed by atoms with Crippen LogP contribution in [0.3, 0.4) is 0 Å². The largest absolute Gasteiger partial charge is 0.489 e. The molecule has 9 nitrogen and oxygen atoms in total. The van der Waals surface area contributed by atoms with E-state index in [1.54, 1.807) is 29.2 Å². The van der Waals surface area contributed by atoms with Crippen LogP contribution in [-0.2, 0) is 13.2 Å². The topological polar surface area (TPSA) is 121 Å². The number of nitrogens with zero attached hydrogens (tertiary/aromatic N) is 3. The number of aryl methyl sites for hydroxylation is 1. The van der Waals surface area contributed by atoms with Gasteiger partial charge in [0.2, 0.25) is 0 Å². The van der Waals surface area contributed by atoms with Crippen molar-refractivity contribution in [3.8, 4) is 22.9 Å². The molecule has 0 saturated carbocycles. The molecule has 1 atom stereocenters. The molecule has 1 N–H and O–H groups in total. The molecule has 1 aliphatic rings. The lowest BCUT2D eigenvalue weighted by molar-refractivity contribution is 0.0765. The first-order valence-electron chi connectivity index (χ1n) is 12.3. The van der Waals surface area contributed by atoms with Crippen LogP contribution >= 0.6 is 0 Å². The molecule has 0 spiro atoms. The van der Waals surface area contributed by atoms with Crippen molar-refractivity contribution < 1.29 is 14.1 Å². The molecule has 1 fully saturated rings. The predicted molar refractivity (Wildman–Crippen MR) is 140 cm³/mol. The van der Waals surface area contributed by atoms with E-state index in [-0.39, 0.29) is 18.5 Å². The van der Waals surface area contributed by atoms with E-state index in [4.69, 9.17) is 9.26 Å². The molecule has 0 aliphatic carbocycles. The van der Waals surface area contributed by atoms with Gasteiger partial charge in [-0.15, -0.1) is 4.74 Å². The number of hydrogen-bond donors (Lipinski definition) is 1. The zero-order valence-corrected chi connectivity index (χ0v) is 20.8. The second-order valence-corrected chi connectivity index (χ2v) is 9.29. The van der Waals surface area contributed by atoms with E-state index in [0.717, 1.165) is 45.4 Å². The van der Waals surface area contributed by atoms with Crippen LogP contribution in [0.1, 0.15) is 39.9 Å². The lowest BCUT2D eigenvalue weighted by Gasteiger charge is -2.20. The Kier molecular flexibility index (Phi) is 6.96. The Morgan fingerprint density at radius 2 is 1.92 bits per heavy atom. The number of carbonyl (C=O) groups is 1. The third kappa shape index (κ3) is 5.30. The summed E-state index contributed by atoms with van der Waals surface area (Å²) in [7, 11) is 0. The summed E-state index contributed by atoms with van der Waals surface area (Å²) in [6, 6.07) is 22.8. The second kappa shape index (κ2) is 10.6. The number of nitrogens with one attached hydrogen (secondary N) is 1. The first-order valence-corrected chi connectivity index (χ1v) is 12.3. The zero-order valence-electron chi connectivity index (χ0n) is 20.8. The van der Waals surface area contributed by atoms with Crippen LogP contribution in [0.15, 0.2) is 80.8 Å². The smallest absolute Gasteiger partial charge is 0.440 e. The summed E-state index contributed by atoms with van der Waals surface area (Å²) >= 11 is 0. The fraction of sp³-hybridized carbons (Fsp3) is 0.241. The number of H-pyrrole nitrogens is 1. The van der Waals surface area contributed by atoms with Gasteiger partial charge in [-0.25, -0.2) is 14.6 Å². The van der Waals surface area contributed by atoms with Crippen LogP contribution in [0.2, 0.25) is 0 Å². The maximum atomic E-state index is 12.9.